The van der Waals surface area contributed by atoms with Crippen LogP contribution in [0.2, 0.25) is 0 Å². The maximum Gasteiger partial charge on any atom is 0.253 e. The summed E-state index contributed by atoms with van der Waals surface area (Å²) >= 11 is 0. The van der Waals surface area contributed by atoms with Gasteiger partial charge in [-0.25, -0.2) is 0 Å². The average molecular weight is 212 g/mol. The lowest BCUT2D eigenvalue weighted by molar-refractivity contribution is -0.888. The molecule has 0 saturated carbocycles. The van der Waals surface area contributed by atoms with E-state index in [2.05, 4.69) is 0 Å². The van der Waals surface area contributed by atoms with Crippen LogP contribution in [0.4, 0.5) is 0 Å². The third kappa shape index (κ3) is 3.14. The Balaban J connectivity index is 2.44. The minimum Gasteiger partial charge on any atom is -0.326 e. The molecule has 15 heavy (non-hydrogen) atoms. The Morgan fingerprint density at radius 3 is 2.20 bits per heavy atom. The third-order valence-corrected chi connectivity index (χ3v) is 2.56. The van der Waals surface area contributed by atoms with Crippen LogP contribution < -0.4 is 5.73 Å². The highest BCUT2D eigenvalue weighted by Crippen LogP contribution is 2.05. The van der Waals surface area contributed by atoms with Crippen LogP contribution in [0, 0.1) is 0 Å². The molecule has 0 aromatic carbocycles. The van der Waals surface area contributed by atoms with Crippen molar-refractivity contribution in [2.24, 2.45) is 5.73 Å². The average Bonchev–Trinajstić information content (AvgIpc) is 2.44. The molecule has 0 aromatic rings. The Labute approximate surface area is 89.7 Å². The number of nitrogens with two attached hydrogens (primary N) is 1. The minimum atomic E-state index is -0.215. The molecule has 1 aliphatic heterocycles. The van der Waals surface area contributed by atoms with E-state index in [0.717, 1.165) is 13.1 Å². The van der Waals surface area contributed by atoms with Crippen LogP contribution in [0.5, 0.6) is 0 Å². The van der Waals surface area contributed by atoms with Crippen molar-refractivity contribution in [2.45, 2.75) is 0 Å². The van der Waals surface area contributed by atoms with Gasteiger partial charge in [0.05, 0.1) is 33.7 Å². The van der Waals surface area contributed by atoms with Crippen LogP contribution in [0.3, 0.4) is 0 Å². The van der Waals surface area contributed by atoms with Crippen LogP contribution in [0.15, 0.2) is 12.2 Å². The molecule has 0 fully saturated rings. The molecule has 1 aliphatic rings. The maximum atomic E-state index is 11.2. The summed E-state index contributed by atoms with van der Waals surface area (Å²) in [6.07, 6.45) is 2.62. The molecule has 84 valence electrons. The van der Waals surface area contributed by atoms with E-state index < -0.39 is 0 Å². The molecule has 0 aromatic heterocycles. The first kappa shape index (κ1) is 11.9. The number of likely N-dealkylation sites (N-methyl/N-ethyl adjacent to an activating group) is 1. The number of imide groups is 1. The van der Waals surface area contributed by atoms with Crippen molar-refractivity contribution in [2.75, 3.05) is 40.3 Å². The van der Waals surface area contributed by atoms with Crippen molar-refractivity contribution < 1.29 is 14.1 Å². The molecule has 1 rings (SSSR count). The van der Waals surface area contributed by atoms with Crippen LogP contribution in [-0.4, -0.2) is 61.5 Å². The molecule has 0 radical (unpaired) electrons. The zero-order valence-corrected chi connectivity index (χ0v) is 9.27. The monoisotopic (exact) mass is 212 g/mol. The molecule has 0 unspecified atom stereocenters. The quantitative estimate of drug-likeness (QED) is 0.467. The zero-order valence-electron chi connectivity index (χ0n) is 9.27. The molecule has 0 aliphatic carbocycles. The molecule has 0 atom stereocenters. The Kier molecular flexibility index (Phi) is 3.60. The fourth-order valence-corrected chi connectivity index (χ4v) is 1.48. The predicted molar refractivity (Wildman–Crippen MR) is 56.8 cm³/mol. The second-order valence-electron chi connectivity index (χ2n) is 4.33. The minimum absolute atomic E-state index is 0.215. The summed E-state index contributed by atoms with van der Waals surface area (Å²) in [5.74, 6) is -0.430. The molecular formula is C10H18N3O2+. The molecule has 5 heteroatoms. The Morgan fingerprint density at radius 2 is 1.73 bits per heavy atom. The lowest BCUT2D eigenvalue weighted by Crippen LogP contribution is -2.49. The largest absolute Gasteiger partial charge is 0.326 e. The van der Waals surface area contributed by atoms with Gasteiger partial charge < -0.3 is 10.2 Å². The Morgan fingerprint density at radius 1 is 1.20 bits per heavy atom. The second kappa shape index (κ2) is 4.55. The van der Waals surface area contributed by atoms with Crippen molar-refractivity contribution >= 4 is 11.8 Å². The summed E-state index contributed by atoms with van der Waals surface area (Å²) in [5.41, 5.74) is 5.48. The summed E-state index contributed by atoms with van der Waals surface area (Å²) in [5, 5.41) is 0. The number of hydrogen-bond acceptors (Lipinski definition) is 3. The van der Waals surface area contributed by atoms with Gasteiger partial charge in [0.1, 0.15) is 0 Å². The van der Waals surface area contributed by atoms with Gasteiger partial charge in [-0.05, 0) is 0 Å². The zero-order chi connectivity index (χ0) is 11.5. The van der Waals surface area contributed by atoms with Gasteiger partial charge >= 0.3 is 0 Å². The highest BCUT2D eigenvalue weighted by atomic mass is 16.2. The predicted octanol–water partition coefficient (Wildman–Crippen LogP) is -1.05. The van der Waals surface area contributed by atoms with Gasteiger partial charge in [-0.1, -0.05) is 0 Å². The standard InChI is InChI=1S/C10H18N3O2/c1-13(2,7-5-11)8-6-12-9(14)3-4-10(12)15/h3-4H,5-8,11H2,1-2H3/q+1. The van der Waals surface area contributed by atoms with E-state index >= 15 is 0 Å². The van der Waals surface area contributed by atoms with E-state index in [4.69, 9.17) is 5.73 Å². The first-order valence-corrected chi connectivity index (χ1v) is 5.02. The van der Waals surface area contributed by atoms with E-state index in [1.165, 1.54) is 17.1 Å². The highest BCUT2D eigenvalue weighted by Gasteiger charge is 2.25. The lowest BCUT2D eigenvalue weighted by atomic mass is 10.4. The fourth-order valence-electron chi connectivity index (χ4n) is 1.48. The third-order valence-electron chi connectivity index (χ3n) is 2.56. The van der Waals surface area contributed by atoms with Gasteiger partial charge in [0.2, 0.25) is 0 Å². The lowest BCUT2D eigenvalue weighted by Gasteiger charge is -2.30. The topological polar surface area (TPSA) is 63.4 Å². The number of carbonyl (C=O) groups excluding carboxylic acids is 2. The highest BCUT2D eigenvalue weighted by molar-refractivity contribution is 6.12. The normalized spacial score (nSPS) is 16.6. The van der Waals surface area contributed by atoms with E-state index in [9.17, 15) is 9.59 Å². The van der Waals surface area contributed by atoms with Crippen LogP contribution in [0.25, 0.3) is 0 Å². The summed E-state index contributed by atoms with van der Waals surface area (Å²) in [4.78, 5) is 23.8. The van der Waals surface area contributed by atoms with Crippen molar-refractivity contribution in [3.05, 3.63) is 12.2 Å². The fraction of sp³-hybridized carbons (Fsp3) is 0.600. The summed E-state index contributed by atoms with van der Waals surface area (Å²) < 4.78 is 0.716. The molecule has 2 amide bonds. The van der Waals surface area contributed by atoms with E-state index in [1.807, 2.05) is 14.1 Å². The van der Waals surface area contributed by atoms with Gasteiger partial charge in [-0.15, -0.1) is 0 Å². The van der Waals surface area contributed by atoms with Crippen molar-refractivity contribution in [3.63, 3.8) is 0 Å². The Hall–Kier alpha value is -1.20. The molecular weight excluding hydrogens is 194 g/mol. The van der Waals surface area contributed by atoms with Crippen LogP contribution in [-0.2, 0) is 9.59 Å². The van der Waals surface area contributed by atoms with Crippen molar-refractivity contribution in [3.8, 4) is 0 Å². The number of rotatable bonds is 5. The SMILES string of the molecule is C[N+](C)(CCN)CCN1C(=O)C=CC1=O. The smallest absolute Gasteiger partial charge is 0.253 e. The maximum absolute atomic E-state index is 11.2. The number of carbonyl (C=O) groups is 2. The van der Waals surface area contributed by atoms with Gasteiger partial charge in [0.25, 0.3) is 11.8 Å². The summed E-state index contributed by atoms with van der Waals surface area (Å²) in [7, 11) is 4.07. The molecule has 2 N–H and O–H groups in total. The molecule has 1 heterocycles. The molecule has 0 spiro atoms. The number of amides is 2. The Bertz CT molecular complexity index is 279. The number of quaternary nitrogens is 1. The van der Waals surface area contributed by atoms with Crippen molar-refractivity contribution in [1.82, 2.24) is 4.90 Å². The first-order valence-electron chi connectivity index (χ1n) is 5.02. The molecule has 5 nitrogen and oxygen atoms in total. The molecule has 0 bridgehead atoms. The van der Waals surface area contributed by atoms with E-state index in [-0.39, 0.29) is 11.8 Å². The van der Waals surface area contributed by atoms with E-state index in [1.54, 1.807) is 0 Å². The van der Waals surface area contributed by atoms with Gasteiger partial charge in [-0.3, -0.25) is 14.5 Å². The van der Waals surface area contributed by atoms with Gasteiger partial charge in [-0.2, -0.15) is 0 Å². The van der Waals surface area contributed by atoms with E-state index in [0.29, 0.717) is 17.6 Å². The van der Waals surface area contributed by atoms with Crippen LogP contribution >= 0.6 is 0 Å². The second-order valence-corrected chi connectivity index (χ2v) is 4.33. The number of hydrogen-bond donors (Lipinski definition) is 1. The van der Waals surface area contributed by atoms with Gasteiger partial charge in [0.15, 0.2) is 0 Å². The first-order chi connectivity index (χ1) is 6.96. The van der Waals surface area contributed by atoms with Crippen molar-refractivity contribution in [1.29, 1.82) is 0 Å². The summed E-state index contributed by atoms with van der Waals surface area (Å²) in [6.45, 7) is 2.63. The molecule has 0 saturated heterocycles. The number of nitrogens with zero attached hydrogens (tertiary/aromatic N) is 2. The summed E-state index contributed by atoms with van der Waals surface area (Å²) in [6, 6.07) is 0. The van der Waals surface area contributed by atoms with Crippen LogP contribution in [0.1, 0.15) is 0 Å². The van der Waals surface area contributed by atoms with Gasteiger partial charge in [0, 0.05) is 18.7 Å².